The van der Waals surface area contributed by atoms with Crippen LogP contribution in [0.15, 0.2) is 48.5 Å². The molecule has 0 aliphatic heterocycles. The molecule has 3 heteroatoms. The molecule has 3 aromatic rings. The standard InChI is InChI=1S/C17H15ClN2/c1-11-7-8-13(10-15(11)18)19-17-9-12(2)14-5-3-4-6-16(14)20-17/h3-10H,1-2H3,(H,19,20). The van der Waals surface area contributed by atoms with Crippen LogP contribution in [-0.4, -0.2) is 4.98 Å². The first-order valence-electron chi connectivity index (χ1n) is 6.53. The van der Waals surface area contributed by atoms with Crippen LogP contribution in [0.3, 0.4) is 0 Å². The second-order valence-electron chi connectivity index (χ2n) is 4.93. The molecule has 2 aromatic carbocycles. The Morgan fingerprint density at radius 2 is 1.75 bits per heavy atom. The van der Waals surface area contributed by atoms with Gasteiger partial charge in [-0.1, -0.05) is 35.9 Å². The summed E-state index contributed by atoms with van der Waals surface area (Å²) >= 11 is 6.15. The lowest BCUT2D eigenvalue weighted by Crippen LogP contribution is -1.95. The third-order valence-corrected chi connectivity index (χ3v) is 3.77. The van der Waals surface area contributed by atoms with Gasteiger partial charge < -0.3 is 5.32 Å². The van der Waals surface area contributed by atoms with Gasteiger partial charge in [0.2, 0.25) is 0 Å². The Kier molecular flexibility index (Phi) is 3.33. The number of benzene rings is 2. The number of hydrogen-bond donors (Lipinski definition) is 1. The molecule has 0 atom stereocenters. The maximum atomic E-state index is 6.15. The summed E-state index contributed by atoms with van der Waals surface area (Å²) in [5.74, 6) is 0.834. The van der Waals surface area contributed by atoms with Crippen molar-refractivity contribution in [3.8, 4) is 0 Å². The molecule has 3 rings (SSSR count). The summed E-state index contributed by atoms with van der Waals surface area (Å²) in [4.78, 5) is 4.63. The van der Waals surface area contributed by atoms with Crippen LogP contribution >= 0.6 is 11.6 Å². The van der Waals surface area contributed by atoms with E-state index in [-0.39, 0.29) is 0 Å². The monoisotopic (exact) mass is 282 g/mol. The molecule has 1 heterocycles. The number of para-hydroxylation sites is 1. The van der Waals surface area contributed by atoms with Gasteiger partial charge in [0.15, 0.2) is 0 Å². The maximum absolute atomic E-state index is 6.15. The number of nitrogens with zero attached hydrogens (tertiary/aromatic N) is 1. The molecule has 0 radical (unpaired) electrons. The number of hydrogen-bond acceptors (Lipinski definition) is 2. The molecular weight excluding hydrogens is 268 g/mol. The van der Waals surface area contributed by atoms with Crippen LogP contribution in [0.1, 0.15) is 11.1 Å². The number of nitrogens with one attached hydrogen (secondary N) is 1. The van der Waals surface area contributed by atoms with Crippen molar-refractivity contribution in [2.45, 2.75) is 13.8 Å². The second kappa shape index (κ2) is 5.14. The Balaban J connectivity index is 2.00. The Labute approximate surface area is 123 Å². The number of halogens is 1. The third kappa shape index (κ3) is 2.47. The molecule has 0 spiro atoms. The van der Waals surface area contributed by atoms with Crippen LogP contribution in [-0.2, 0) is 0 Å². The summed E-state index contributed by atoms with van der Waals surface area (Å²) < 4.78 is 0. The molecule has 0 saturated carbocycles. The summed E-state index contributed by atoms with van der Waals surface area (Å²) in [6.07, 6.45) is 0. The van der Waals surface area contributed by atoms with E-state index in [1.54, 1.807) is 0 Å². The van der Waals surface area contributed by atoms with E-state index >= 15 is 0 Å². The van der Waals surface area contributed by atoms with E-state index in [4.69, 9.17) is 11.6 Å². The van der Waals surface area contributed by atoms with Crippen molar-refractivity contribution in [1.82, 2.24) is 4.98 Å². The first-order chi connectivity index (χ1) is 9.63. The highest BCUT2D eigenvalue weighted by molar-refractivity contribution is 6.31. The minimum Gasteiger partial charge on any atom is -0.340 e. The van der Waals surface area contributed by atoms with Gasteiger partial charge in [-0.25, -0.2) is 4.98 Å². The average Bonchev–Trinajstić information content (AvgIpc) is 2.43. The first-order valence-corrected chi connectivity index (χ1v) is 6.91. The predicted molar refractivity (Wildman–Crippen MR) is 86.0 cm³/mol. The van der Waals surface area contributed by atoms with Gasteiger partial charge in [0, 0.05) is 16.1 Å². The van der Waals surface area contributed by atoms with Crippen LogP contribution in [0.5, 0.6) is 0 Å². The van der Waals surface area contributed by atoms with Crippen LogP contribution < -0.4 is 5.32 Å². The van der Waals surface area contributed by atoms with E-state index in [2.05, 4.69) is 29.4 Å². The van der Waals surface area contributed by atoms with Crippen LogP contribution in [0.25, 0.3) is 10.9 Å². The van der Waals surface area contributed by atoms with Crippen molar-refractivity contribution < 1.29 is 0 Å². The van der Waals surface area contributed by atoms with Gasteiger partial charge in [0.1, 0.15) is 5.82 Å². The normalized spacial score (nSPS) is 10.8. The summed E-state index contributed by atoms with van der Waals surface area (Å²) in [5, 5.41) is 5.25. The van der Waals surface area contributed by atoms with Gasteiger partial charge in [-0.2, -0.15) is 0 Å². The van der Waals surface area contributed by atoms with Gasteiger partial charge in [-0.05, 0) is 49.2 Å². The molecule has 100 valence electrons. The number of aryl methyl sites for hydroxylation is 2. The predicted octanol–water partition coefficient (Wildman–Crippen LogP) is 5.25. The summed E-state index contributed by atoms with van der Waals surface area (Å²) in [6, 6.07) is 16.1. The Bertz CT molecular complexity index is 781. The number of rotatable bonds is 2. The highest BCUT2D eigenvalue weighted by Crippen LogP contribution is 2.25. The van der Waals surface area contributed by atoms with Gasteiger partial charge >= 0.3 is 0 Å². The molecule has 20 heavy (non-hydrogen) atoms. The minimum atomic E-state index is 0.757. The number of anilines is 2. The van der Waals surface area contributed by atoms with E-state index in [1.807, 2.05) is 43.3 Å². The van der Waals surface area contributed by atoms with Crippen molar-refractivity contribution in [3.05, 3.63) is 64.7 Å². The number of fused-ring (bicyclic) bond motifs is 1. The molecule has 0 amide bonds. The number of aromatic nitrogens is 1. The molecule has 0 aliphatic carbocycles. The van der Waals surface area contributed by atoms with E-state index in [1.165, 1.54) is 10.9 Å². The summed E-state index contributed by atoms with van der Waals surface area (Å²) in [5.41, 5.74) is 4.21. The van der Waals surface area contributed by atoms with Gasteiger partial charge in [0.25, 0.3) is 0 Å². The van der Waals surface area contributed by atoms with Crippen molar-refractivity contribution in [2.24, 2.45) is 0 Å². The average molecular weight is 283 g/mol. The fraction of sp³-hybridized carbons (Fsp3) is 0.118. The lowest BCUT2D eigenvalue weighted by molar-refractivity contribution is 1.34. The quantitative estimate of drug-likeness (QED) is 0.694. The second-order valence-corrected chi connectivity index (χ2v) is 5.34. The van der Waals surface area contributed by atoms with Crippen LogP contribution in [0.4, 0.5) is 11.5 Å². The molecule has 0 saturated heterocycles. The van der Waals surface area contributed by atoms with Gasteiger partial charge in [-0.15, -0.1) is 0 Å². The fourth-order valence-corrected chi connectivity index (χ4v) is 2.41. The molecule has 0 bridgehead atoms. The molecular formula is C17H15ClN2. The van der Waals surface area contributed by atoms with Crippen LogP contribution in [0, 0.1) is 13.8 Å². The van der Waals surface area contributed by atoms with Crippen LogP contribution in [0.2, 0.25) is 5.02 Å². The lowest BCUT2D eigenvalue weighted by Gasteiger charge is -2.10. The Morgan fingerprint density at radius 1 is 0.950 bits per heavy atom. The van der Waals surface area contributed by atoms with E-state index in [0.29, 0.717) is 0 Å². The van der Waals surface area contributed by atoms with Crippen molar-refractivity contribution in [3.63, 3.8) is 0 Å². The third-order valence-electron chi connectivity index (χ3n) is 3.37. The lowest BCUT2D eigenvalue weighted by atomic mass is 10.1. The van der Waals surface area contributed by atoms with Crippen molar-refractivity contribution in [2.75, 3.05) is 5.32 Å². The van der Waals surface area contributed by atoms with Crippen molar-refractivity contribution in [1.29, 1.82) is 0 Å². The topological polar surface area (TPSA) is 24.9 Å². The molecule has 2 nitrogen and oxygen atoms in total. The Morgan fingerprint density at radius 3 is 2.55 bits per heavy atom. The zero-order valence-electron chi connectivity index (χ0n) is 11.4. The molecule has 1 N–H and O–H groups in total. The largest absolute Gasteiger partial charge is 0.340 e. The van der Waals surface area contributed by atoms with E-state index in [0.717, 1.165) is 27.6 Å². The van der Waals surface area contributed by atoms with Gasteiger partial charge in [0.05, 0.1) is 5.52 Å². The smallest absolute Gasteiger partial charge is 0.131 e. The SMILES string of the molecule is Cc1ccc(Nc2cc(C)c3ccccc3n2)cc1Cl. The highest BCUT2D eigenvalue weighted by atomic mass is 35.5. The zero-order chi connectivity index (χ0) is 14.1. The summed E-state index contributed by atoms with van der Waals surface area (Å²) in [6.45, 7) is 4.09. The maximum Gasteiger partial charge on any atom is 0.131 e. The fourth-order valence-electron chi connectivity index (χ4n) is 2.23. The summed E-state index contributed by atoms with van der Waals surface area (Å²) in [7, 11) is 0. The highest BCUT2D eigenvalue weighted by Gasteiger charge is 2.03. The molecule has 0 aliphatic rings. The first kappa shape index (κ1) is 12.9. The Hall–Kier alpha value is -2.06. The van der Waals surface area contributed by atoms with Gasteiger partial charge in [-0.3, -0.25) is 0 Å². The molecule has 0 unspecified atom stereocenters. The molecule has 0 fully saturated rings. The van der Waals surface area contributed by atoms with Crippen molar-refractivity contribution >= 4 is 34.0 Å². The van der Waals surface area contributed by atoms with E-state index < -0.39 is 0 Å². The zero-order valence-corrected chi connectivity index (χ0v) is 12.2. The molecule has 1 aromatic heterocycles. The number of pyridine rings is 1. The van der Waals surface area contributed by atoms with E-state index in [9.17, 15) is 0 Å². The minimum absolute atomic E-state index is 0.757.